The zero-order valence-corrected chi connectivity index (χ0v) is 17.9. The molecule has 0 radical (unpaired) electrons. The summed E-state index contributed by atoms with van der Waals surface area (Å²) in [5.41, 5.74) is 4.89. The zero-order chi connectivity index (χ0) is 19.3. The van der Waals surface area contributed by atoms with Crippen LogP contribution in [-0.2, 0) is 6.42 Å². The summed E-state index contributed by atoms with van der Waals surface area (Å²) in [6.45, 7) is 10.8. The van der Waals surface area contributed by atoms with Crippen LogP contribution in [0.3, 0.4) is 0 Å². The Bertz CT molecular complexity index is 933. The smallest absolute Gasteiger partial charge is 0.262 e. The van der Waals surface area contributed by atoms with E-state index >= 15 is 0 Å². The maximum atomic E-state index is 13.3. The first kappa shape index (κ1) is 18.7. The van der Waals surface area contributed by atoms with Gasteiger partial charge in [-0.1, -0.05) is 25.5 Å². The minimum Gasteiger partial charge on any atom is -0.346 e. The van der Waals surface area contributed by atoms with Gasteiger partial charge in [-0.2, -0.15) is 0 Å². The Morgan fingerprint density at radius 1 is 1.33 bits per heavy atom. The van der Waals surface area contributed by atoms with Crippen LogP contribution in [0.1, 0.15) is 72.9 Å². The van der Waals surface area contributed by atoms with Crippen LogP contribution in [0.2, 0.25) is 0 Å². The van der Waals surface area contributed by atoms with Crippen LogP contribution < -0.4 is 5.32 Å². The number of thiophene rings is 1. The number of carbonyl (C=O) groups is 1. The van der Waals surface area contributed by atoms with E-state index in [0.717, 1.165) is 46.1 Å². The third kappa shape index (κ3) is 3.44. The highest BCUT2D eigenvalue weighted by molar-refractivity contribution is 7.20. The van der Waals surface area contributed by atoms with Gasteiger partial charge in [-0.15, -0.1) is 11.3 Å². The molecule has 2 aromatic heterocycles. The average Bonchev–Trinajstić information content (AvgIpc) is 2.89. The molecule has 3 aliphatic carbocycles. The fraction of sp³-hybridized carbons (Fsp3) is 0.565. The number of nitrogens with zero attached hydrogens (tertiary/aromatic N) is 1. The average molecular weight is 383 g/mol. The van der Waals surface area contributed by atoms with Crippen molar-refractivity contribution >= 4 is 27.5 Å². The van der Waals surface area contributed by atoms with Crippen molar-refractivity contribution in [2.45, 2.75) is 72.3 Å². The minimum absolute atomic E-state index is 0.0886. The quantitative estimate of drug-likeness (QED) is 0.689. The standard InChI is InChI=1S/C23H30N2OS/c1-6-18-19-14(3)8-15(4)24-22(19)27-20(18)21(26)25-23(5)11-13(2)7-16-9-17(10-16)12-23/h7-8,13,17H,6,9-12H2,1-5H3,(H,25,26). The van der Waals surface area contributed by atoms with Gasteiger partial charge in [-0.25, -0.2) is 4.98 Å². The maximum Gasteiger partial charge on any atom is 0.262 e. The Morgan fingerprint density at radius 2 is 2.07 bits per heavy atom. The van der Waals surface area contributed by atoms with E-state index in [0.29, 0.717) is 5.92 Å². The van der Waals surface area contributed by atoms with Crippen LogP contribution in [-0.4, -0.2) is 16.4 Å². The molecule has 4 heteroatoms. The highest BCUT2D eigenvalue weighted by Crippen LogP contribution is 2.44. The predicted molar refractivity (Wildman–Crippen MR) is 114 cm³/mol. The van der Waals surface area contributed by atoms with Crippen molar-refractivity contribution in [2.24, 2.45) is 11.8 Å². The summed E-state index contributed by atoms with van der Waals surface area (Å²) >= 11 is 1.56. The van der Waals surface area contributed by atoms with Crippen molar-refractivity contribution in [3.05, 3.63) is 39.4 Å². The summed E-state index contributed by atoms with van der Waals surface area (Å²) < 4.78 is 0. The molecule has 2 atom stereocenters. The first-order valence-corrected chi connectivity index (χ1v) is 11.0. The Labute approximate surface area is 166 Å². The number of nitrogens with one attached hydrogen (secondary N) is 1. The second-order valence-electron chi connectivity index (χ2n) is 9.02. The van der Waals surface area contributed by atoms with E-state index in [1.165, 1.54) is 23.8 Å². The SMILES string of the molecule is CCc1c(C(=O)NC2(C)CC(C)C=C3CC(C3)C2)sc2nc(C)cc(C)c12. The molecule has 0 aromatic carbocycles. The number of hydrogen-bond acceptors (Lipinski definition) is 3. The highest BCUT2D eigenvalue weighted by atomic mass is 32.1. The Morgan fingerprint density at radius 3 is 2.78 bits per heavy atom. The molecule has 0 aliphatic heterocycles. The number of pyridine rings is 1. The lowest BCUT2D eigenvalue weighted by molar-refractivity contribution is 0.0870. The summed E-state index contributed by atoms with van der Waals surface area (Å²) in [7, 11) is 0. The van der Waals surface area contributed by atoms with Crippen LogP contribution in [0.5, 0.6) is 0 Å². The first-order chi connectivity index (χ1) is 12.8. The van der Waals surface area contributed by atoms with E-state index in [9.17, 15) is 4.79 Å². The van der Waals surface area contributed by atoms with Gasteiger partial charge in [0.2, 0.25) is 0 Å². The number of aryl methyl sites for hydroxylation is 3. The lowest BCUT2D eigenvalue weighted by atomic mass is 9.67. The molecular weight excluding hydrogens is 352 g/mol. The first-order valence-electron chi connectivity index (χ1n) is 10.2. The Balaban J connectivity index is 1.66. The molecule has 1 fully saturated rings. The van der Waals surface area contributed by atoms with Crippen LogP contribution in [0.25, 0.3) is 10.2 Å². The molecule has 27 heavy (non-hydrogen) atoms. The largest absolute Gasteiger partial charge is 0.346 e. The molecule has 5 rings (SSSR count). The third-order valence-corrected chi connectivity index (χ3v) is 7.32. The predicted octanol–water partition coefficient (Wildman–Crippen LogP) is 5.73. The van der Waals surface area contributed by atoms with E-state index in [1.807, 2.05) is 6.92 Å². The fourth-order valence-corrected chi connectivity index (χ4v) is 6.61. The van der Waals surface area contributed by atoms with Gasteiger partial charge in [0.15, 0.2) is 0 Å². The Kier molecular flexibility index (Phi) is 4.66. The number of allylic oxidation sites excluding steroid dienone is 2. The van der Waals surface area contributed by atoms with Crippen molar-refractivity contribution in [2.75, 3.05) is 0 Å². The van der Waals surface area contributed by atoms with Gasteiger partial charge in [-0.3, -0.25) is 4.79 Å². The van der Waals surface area contributed by atoms with E-state index in [1.54, 1.807) is 16.9 Å². The van der Waals surface area contributed by atoms with Crippen LogP contribution >= 0.6 is 11.3 Å². The Hall–Kier alpha value is -1.68. The van der Waals surface area contributed by atoms with Gasteiger partial charge in [0, 0.05) is 16.6 Å². The molecule has 3 aliphatic rings. The van der Waals surface area contributed by atoms with Gasteiger partial charge >= 0.3 is 0 Å². The van der Waals surface area contributed by atoms with Crippen molar-refractivity contribution < 1.29 is 4.79 Å². The monoisotopic (exact) mass is 382 g/mol. The molecule has 2 unspecified atom stereocenters. The van der Waals surface area contributed by atoms with Crippen molar-refractivity contribution in [1.29, 1.82) is 0 Å². The number of aromatic nitrogens is 1. The molecule has 2 heterocycles. The molecule has 144 valence electrons. The number of carbonyl (C=O) groups excluding carboxylic acids is 1. The van der Waals surface area contributed by atoms with Gasteiger partial charge in [-0.05, 0) is 81.9 Å². The minimum atomic E-state index is -0.136. The topological polar surface area (TPSA) is 42.0 Å². The molecule has 3 nitrogen and oxygen atoms in total. The van der Waals surface area contributed by atoms with E-state index in [2.05, 4.69) is 45.2 Å². The summed E-state index contributed by atoms with van der Waals surface area (Å²) in [6.07, 6.45) is 7.84. The number of fused-ring (bicyclic) bond motifs is 5. The molecular formula is C23H30N2OS. The van der Waals surface area contributed by atoms with Crippen molar-refractivity contribution in [3.63, 3.8) is 0 Å². The molecule has 0 spiro atoms. The maximum absolute atomic E-state index is 13.3. The fourth-order valence-electron chi connectivity index (χ4n) is 5.32. The van der Waals surface area contributed by atoms with Crippen molar-refractivity contribution in [1.82, 2.24) is 10.3 Å². The van der Waals surface area contributed by atoms with E-state index in [-0.39, 0.29) is 11.4 Å². The van der Waals surface area contributed by atoms with Crippen LogP contribution in [0.4, 0.5) is 0 Å². The zero-order valence-electron chi connectivity index (χ0n) is 17.1. The summed E-state index contributed by atoms with van der Waals surface area (Å²) in [5.74, 6) is 1.34. The summed E-state index contributed by atoms with van der Waals surface area (Å²) in [5, 5.41) is 4.63. The lowest BCUT2D eigenvalue weighted by Gasteiger charge is -2.43. The molecule has 0 saturated heterocycles. The normalized spacial score (nSPS) is 27.5. The third-order valence-electron chi connectivity index (χ3n) is 6.19. The van der Waals surface area contributed by atoms with Crippen molar-refractivity contribution in [3.8, 4) is 0 Å². The van der Waals surface area contributed by atoms with Gasteiger partial charge in [0.1, 0.15) is 4.83 Å². The number of rotatable bonds is 3. The molecule has 1 amide bonds. The van der Waals surface area contributed by atoms with E-state index < -0.39 is 0 Å². The van der Waals surface area contributed by atoms with Crippen LogP contribution in [0, 0.1) is 25.7 Å². The molecule has 2 aromatic rings. The number of hydrogen-bond donors (Lipinski definition) is 1. The molecule has 1 N–H and O–H groups in total. The van der Waals surface area contributed by atoms with Gasteiger partial charge in [0.05, 0.1) is 4.88 Å². The number of amides is 1. The van der Waals surface area contributed by atoms with Gasteiger partial charge in [0.25, 0.3) is 5.91 Å². The second kappa shape index (κ2) is 6.73. The lowest BCUT2D eigenvalue weighted by Crippen LogP contribution is -2.50. The molecule has 2 bridgehead atoms. The summed E-state index contributed by atoms with van der Waals surface area (Å²) in [4.78, 5) is 19.9. The highest BCUT2D eigenvalue weighted by Gasteiger charge is 2.38. The van der Waals surface area contributed by atoms with Crippen LogP contribution in [0.15, 0.2) is 17.7 Å². The summed E-state index contributed by atoms with van der Waals surface area (Å²) in [6, 6.07) is 2.12. The second-order valence-corrected chi connectivity index (χ2v) is 10.0. The van der Waals surface area contributed by atoms with E-state index in [4.69, 9.17) is 4.98 Å². The molecule has 1 saturated carbocycles. The van der Waals surface area contributed by atoms with Gasteiger partial charge < -0.3 is 5.32 Å².